The first-order valence-electron chi connectivity index (χ1n) is 6.24. The van der Waals surface area contributed by atoms with Gasteiger partial charge in [0.05, 0.1) is 23.7 Å². The van der Waals surface area contributed by atoms with E-state index in [-0.39, 0.29) is 12.3 Å². The van der Waals surface area contributed by atoms with E-state index in [2.05, 4.69) is 4.98 Å². The van der Waals surface area contributed by atoms with Crippen molar-refractivity contribution in [2.45, 2.75) is 6.10 Å². The maximum atomic E-state index is 13.6. The summed E-state index contributed by atoms with van der Waals surface area (Å²) in [5, 5.41) is 9.99. The fourth-order valence-corrected chi connectivity index (χ4v) is 3.43. The summed E-state index contributed by atoms with van der Waals surface area (Å²) >= 11 is 0. The van der Waals surface area contributed by atoms with Crippen molar-refractivity contribution < 1.29 is 17.9 Å². The van der Waals surface area contributed by atoms with Gasteiger partial charge in [-0.3, -0.25) is 4.98 Å². The van der Waals surface area contributed by atoms with Crippen molar-refractivity contribution in [1.82, 2.24) is 9.29 Å². The highest BCUT2D eigenvalue weighted by Crippen LogP contribution is 2.27. The van der Waals surface area contributed by atoms with Gasteiger partial charge in [-0.25, -0.2) is 17.1 Å². The molecular weight excluding hydrogens is 285 g/mol. The Bertz CT molecular complexity index is 579. The Morgan fingerprint density at radius 2 is 2.20 bits per heavy atom. The summed E-state index contributed by atoms with van der Waals surface area (Å²) in [7, 11) is -0.479. The Labute approximate surface area is 117 Å². The van der Waals surface area contributed by atoms with Gasteiger partial charge in [-0.15, -0.1) is 0 Å². The third kappa shape index (κ3) is 3.08. The highest BCUT2D eigenvalue weighted by molar-refractivity contribution is 7.89. The van der Waals surface area contributed by atoms with E-state index in [0.29, 0.717) is 12.2 Å². The Balaban J connectivity index is 2.12. The van der Waals surface area contributed by atoms with Crippen LogP contribution in [0.25, 0.3) is 0 Å². The minimum absolute atomic E-state index is 0.148. The van der Waals surface area contributed by atoms with E-state index in [1.807, 2.05) is 0 Å². The summed E-state index contributed by atoms with van der Waals surface area (Å²) in [4.78, 5) is 5.32. The molecule has 1 aromatic heterocycles. The van der Waals surface area contributed by atoms with Crippen LogP contribution in [0.5, 0.6) is 0 Å². The Morgan fingerprint density at radius 1 is 1.50 bits per heavy atom. The topological polar surface area (TPSA) is 73.7 Å². The zero-order valence-corrected chi connectivity index (χ0v) is 12.2. The number of hydrogen-bond acceptors (Lipinski definition) is 5. The lowest BCUT2D eigenvalue weighted by atomic mass is 10.1. The van der Waals surface area contributed by atoms with Crippen molar-refractivity contribution in [2.75, 3.05) is 37.8 Å². The van der Waals surface area contributed by atoms with Crippen molar-refractivity contribution in [3.63, 3.8) is 0 Å². The fourth-order valence-electron chi connectivity index (χ4n) is 2.26. The summed E-state index contributed by atoms with van der Waals surface area (Å²) in [6.45, 7) is 0.518. The van der Waals surface area contributed by atoms with Gasteiger partial charge in [0.1, 0.15) is 0 Å². The Morgan fingerprint density at radius 3 is 2.80 bits per heavy atom. The molecule has 8 heteroatoms. The van der Waals surface area contributed by atoms with E-state index in [4.69, 9.17) is 0 Å². The number of pyridine rings is 1. The van der Waals surface area contributed by atoms with Gasteiger partial charge < -0.3 is 10.0 Å². The molecule has 2 heterocycles. The first-order chi connectivity index (χ1) is 9.31. The number of aromatic nitrogens is 1. The minimum atomic E-state index is -3.39. The molecule has 6 nitrogen and oxygen atoms in total. The lowest BCUT2D eigenvalue weighted by Crippen LogP contribution is -2.33. The summed E-state index contributed by atoms with van der Waals surface area (Å²) in [5.41, 5.74) is 0.337. The molecule has 20 heavy (non-hydrogen) atoms. The predicted octanol–water partition coefficient (Wildman–Crippen LogP) is -0.0908. The second-order valence-electron chi connectivity index (χ2n) is 5.12. The summed E-state index contributed by atoms with van der Waals surface area (Å²) in [6.07, 6.45) is 1.78. The predicted molar refractivity (Wildman–Crippen MR) is 73.4 cm³/mol. The number of aliphatic hydroxyl groups excluding tert-OH is 1. The van der Waals surface area contributed by atoms with Crippen LogP contribution in [0.4, 0.5) is 10.1 Å². The van der Waals surface area contributed by atoms with Crippen LogP contribution in [0, 0.1) is 11.7 Å². The monoisotopic (exact) mass is 303 g/mol. The summed E-state index contributed by atoms with van der Waals surface area (Å²) in [6, 6.07) is 1.52. The molecule has 0 amide bonds. The molecule has 0 aromatic carbocycles. The quantitative estimate of drug-likeness (QED) is 0.841. The third-order valence-corrected chi connectivity index (χ3v) is 5.44. The van der Waals surface area contributed by atoms with E-state index in [1.165, 1.54) is 26.4 Å². The molecule has 2 rings (SSSR count). The molecule has 112 valence electrons. The standard InChI is InChI=1S/C12H18FN3O3S/c1-15(2)20(18,19)8-9-6-16(7-12(9)17)11-3-4-14-5-10(11)13/h3-5,9,12,17H,6-8H2,1-2H3/t9-,12-/m0/s1. The number of anilines is 1. The van der Waals surface area contributed by atoms with Gasteiger partial charge in [-0.1, -0.05) is 0 Å². The number of rotatable bonds is 4. The molecule has 1 fully saturated rings. The zero-order valence-electron chi connectivity index (χ0n) is 11.4. The normalized spacial score (nSPS) is 23.6. The van der Waals surface area contributed by atoms with Crippen LogP contribution in [-0.2, 0) is 10.0 Å². The highest BCUT2D eigenvalue weighted by Gasteiger charge is 2.36. The first kappa shape index (κ1) is 15.1. The van der Waals surface area contributed by atoms with Crippen molar-refractivity contribution in [3.05, 3.63) is 24.3 Å². The van der Waals surface area contributed by atoms with Crippen LogP contribution in [0.3, 0.4) is 0 Å². The zero-order chi connectivity index (χ0) is 14.9. The van der Waals surface area contributed by atoms with Crippen LogP contribution in [-0.4, -0.2) is 61.9 Å². The summed E-state index contributed by atoms with van der Waals surface area (Å²) in [5.74, 6) is -1.06. The van der Waals surface area contributed by atoms with E-state index in [9.17, 15) is 17.9 Å². The molecule has 0 radical (unpaired) electrons. The highest BCUT2D eigenvalue weighted by atomic mass is 32.2. The van der Waals surface area contributed by atoms with Crippen LogP contribution in [0.2, 0.25) is 0 Å². The van der Waals surface area contributed by atoms with Crippen LogP contribution >= 0.6 is 0 Å². The van der Waals surface area contributed by atoms with Gasteiger partial charge in [0, 0.05) is 39.3 Å². The number of halogens is 1. The van der Waals surface area contributed by atoms with Gasteiger partial charge in [0.15, 0.2) is 5.82 Å². The number of hydrogen-bond donors (Lipinski definition) is 1. The minimum Gasteiger partial charge on any atom is -0.391 e. The molecule has 2 atom stereocenters. The van der Waals surface area contributed by atoms with Crippen molar-refractivity contribution in [2.24, 2.45) is 5.92 Å². The molecule has 1 aromatic rings. The molecule has 0 unspecified atom stereocenters. The molecule has 1 N–H and O–H groups in total. The summed E-state index contributed by atoms with van der Waals surface area (Å²) < 4.78 is 38.5. The molecule has 0 saturated carbocycles. The van der Waals surface area contributed by atoms with Crippen molar-refractivity contribution >= 4 is 15.7 Å². The SMILES string of the molecule is CN(C)S(=O)(=O)C[C@@H]1CN(c2ccncc2F)C[C@@H]1O. The van der Waals surface area contributed by atoms with E-state index in [0.717, 1.165) is 10.5 Å². The second-order valence-corrected chi connectivity index (χ2v) is 7.35. The van der Waals surface area contributed by atoms with Crippen LogP contribution in [0.15, 0.2) is 18.5 Å². The number of β-amino-alcohol motifs (C(OH)–C–C–N with tert-alkyl or cyclic N) is 1. The molecule has 0 bridgehead atoms. The van der Waals surface area contributed by atoms with Gasteiger partial charge in [-0.05, 0) is 6.07 Å². The van der Waals surface area contributed by atoms with Gasteiger partial charge in [0.25, 0.3) is 0 Å². The maximum absolute atomic E-state index is 13.6. The van der Waals surface area contributed by atoms with Crippen molar-refractivity contribution in [3.8, 4) is 0 Å². The Hall–Kier alpha value is -1.25. The van der Waals surface area contributed by atoms with Crippen LogP contribution in [0.1, 0.15) is 0 Å². The van der Waals surface area contributed by atoms with Crippen LogP contribution < -0.4 is 4.90 Å². The first-order valence-corrected chi connectivity index (χ1v) is 7.85. The molecular formula is C12H18FN3O3S. The van der Waals surface area contributed by atoms with Crippen molar-refractivity contribution in [1.29, 1.82) is 0 Å². The number of nitrogens with zero attached hydrogens (tertiary/aromatic N) is 3. The average molecular weight is 303 g/mol. The fraction of sp³-hybridized carbons (Fsp3) is 0.583. The Kier molecular flexibility index (Phi) is 4.26. The van der Waals surface area contributed by atoms with Gasteiger partial charge in [-0.2, -0.15) is 0 Å². The lowest BCUT2D eigenvalue weighted by molar-refractivity contribution is 0.157. The molecule has 1 saturated heterocycles. The largest absolute Gasteiger partial charge is 0.391 e. The maximum Gasteiger partial charge on any atom is 0.214 e. The molecule has 0 aliphatic carbocycles. The average Bonchev–Trinajstić information content (AvgIpc) is 2.70. The number of sulfonamides is 1. The third-order valence-electron chi connectivity index (χ3n) is 3.48. The van der Waals surface area contributed by atoms with Gasteiger partial charge in [0.2, 0.25) is 10.0 Å². The second kappa shape index (κ2) is 5.63. The lowest BCUT2D eigenvalue weighted by Gasteiger charge is -2.19. The molecule has 1 aliphatic rings. The van der Waals surface area contributed by atoms with E-state index < -0.39 is 27.9 Å². The van der Waals surface area contributed by atoms with Gasteiger partial charge >= 0.3 is 0 Å². The van der Waals surface area contributed by atoms with E-state index >= 15 is 0 Å². The van der Waals surface area contributed by atoms with E-state index in [1.54, 1.807) is 4.90 Å². The molecule has 1 aliphatic heterocycles. The smallest absolute Gasteiger partial charge is 0.214 e. The molecule has 0 spiro atoms. The number of aliphatic hydroxyl groups is 1.